The van der Waals surface area contributed by atoms with Crippen LogP contribution in [-0.2, 0) is 5.41 Å². The van der Waals surface area contributed by atoms with E-state index in [4.69, 9.17) is 5.73 Å². The van der Waals surface area contributed by atoms with Crippen molar-refractivity contribution in [1.82, 2.24) is 0 Å². The Morgan fingerprint density at radius 1 is 1.21 bits per heavy atom. The number of benzene rings is 1. The normalized spacial score (nSPS) is 14.0. The Kier molecular flexibility index (Phi) is 3.70. The maximum Gasteiger partial charge on any atom is -0.00512 e. The van der Waals surface area contributed by atoms with Crippen LogP contribution in [0.4, 0.5) is 0 Å². The van der Waals surface area contributed by atoms with Crippen LogP contribution in [0, 0.1) is 5.92 Å². The van der Waals surface area contributed by atoms with Crippen molar-refractivity contribution >= 4 is 0 Å². The van der Waals surface area contributed by atoms with Crippen LogP contribution < -0.4 is 5.73 Å². The second-order valence-electron chi connectivity index (χ2n) is 4.79. The lowest BCUT2D eigenvalue weighted by atomic mass is 9.77. The predicted molar refractivity (Wildman–Crippen MR) is 62.3 cm³/mol. The summed E-state index contributed by atoms with van der Waals surface area (Å²) in [5.41, 5.74) is 7.30. The van der Waals surface area contributed by atoms with Gasteiger partial charge in [-0.1, -0.05) is 51.1 Å². The summed E-state index contributed by atoms with van der Waals surface area (Å²) in [5, 5.41) is 0. The third-order valence-corrected chi connectivity index (χ3v) is 2.82. The van der Waals surface area contributed by atoms with Gasteiger partial charge >= 0.3 is 0 Å². The van der Waals surface area contributed by atoms with E-state index in [1.165, 1.54) is 5.56 Å². The average Bonchev–Trinajstić information content (AvgIpc) is 2.18. The van der Waals surface area contributed by atoms with Crippen LogP contribution >= 0.6 is 0 Å². The highest BCUT2D eigenvalue weighted by molar-refractivity contribution is 5.23. The van der Waals surface area contributed by atoms with Gasteiger partial charge in [0.05, 0.1) is 0 Å². The van der Waals surface area contributed by atoms with Gasteiger partial charge in [0.15, 0.2) is 0 Å². The van der Waals surface area contributed by atoms with Gasteiger partial charge in [0.25, 0.3) is 0 Å². The molecule has 0 radical (unpaired) electrons. The van der Waals surface area contributed by atoms with Gasteiger partial charge in [-0.25, -0.2) is 0 Å². The van der Waals surface area contributed by atoms with E-state index in [0.717, 1.165) is 13.0 Å². The molecule has 2 N–H and O–H groups in total. The Morgan fingerprint density at radius 2 is 1.79 bits per heavy atom. The Morgan fingerprint density at radius 3 is 2.29 bits per heavy atom. The van der Waals surface area contributed by atoms with Gasteiger partial charge < -0.3 is 5.73 Å². The lowest BCUT2D eigenvalue weighted by Gasteiger charge is -2.28. The lowest BCUT2D eigenvalue weighted by molar-refractivity contribution is 0.385. The zero-order valence-electron chi connectivity index (χ0n) is 9.46. The summed E-state index contributed by atoms with van der Waals surface area (Å²) in [6, 6.07) is 10.7. The molecule has 0 aliphatic rings. The van der Waals surface area contributed by atoms with Gasteiger partial charge in [0.1, 0.15) is 0 Å². The second-order valence-corrected chi connectivity index (χ2v) is 4.79. The minimum Gasteiger partial charge on any atom is -0.330 e. The highest BCUT2D eigenvalue weighted by Gasteiger charge is 2.22. The van der Waals surface area contributed by atoms with Gasteiger partial charge in [0, 0.05) is 0 Å². The molecule has 1 aromatic rings. The fourth-order valence-corrected chi connectivity index (χ4v) is 1.96. The highest BCUT2D eigenvalue weighted by atomic mass is 14.5. The van der Waals surface area contributed by atoms with Crippen molar-refractivity contribution in [2.45, 2.75) is 32.6 Å². The number of hydrogen-bond donors (Lipinski definition) is 1. The van der Waals surface area contributed by atoms with Crippen LogP contribution in [0.5, 0.6) is 0 Å². The highest BCUT2D eigenvalue weighted by Crippen LogP contribution is 2.29. The molecular weight excluding hydrogens is 170 g/mol. The third kappa shape index (κ3) is 2.85. The number of rotatable bonds is 4. The van der Waals surface area contributed by atoms with Gasteiger partial charge in [-0.3, -0.25) is 0 Å². The predicted octanol–water partition coefficient (Wildman–Crippen LogP) is 2.95. The topological polar surface area (TPSA) is 26.0 Å². The first kappa shape index (κ1) is 11.3. The molecule has 1 rings (SSSR count). The summed E-state index contributed by atoms with van der Waals surface area (Å²) in [6.45, 7) is 7.56. The first-order valence-corrected chi connectivity index (χ1v) is 5.32. The molecule has 1 atom stereocenters. The molecule has 0 bridgehead atoms. The summed E-state index contributed by atoms with van der Waals surface area (Å²) in [5.74, 6) is 0.588. The molecule has 0 amide bonds. The standard InChI is InChI=1S/C13H21N/c1-11(10-14)9-13(2,3)12-7-5-4-6-8-12/h4-8,11H,9-10,14H2,1-3H3/t11-/m0/s1. The number of nitrogens with two attached hydrogens (primary N) is 1. The second kappa shape index (κ2) is 4.61. The van der Waals surface area contributed by atoms with E-state index in [9.17, 15) is 0 Å². The van der Waals surface area contributed by atoms with Crippen molar-refractivity contribution in [2.24, 2.45) is 11.7 Å². The molecule has 0 aromatic heterocycles. The largest absolute Gasteiger partial charge is 0.330 e. The Bertz CT molecular complexity index is 264. The summed E-state index contributed by atoms with van der Waals surface area (Å²) < 4.78 is 0. The molecule has 1 nitrogen and oxygen atoms in total. The Hall–Kier alpha value is -0.820. The van der Waals surface area contributed by atoms with E-state index in [-0.39, 0.29) is 5.41 Å². The quantitative estimate of drug-likeness (QED) is 0.778. The Balaban J connectivity index is 2.75. The molecule has 0 fully saturated rings. The summed E-state index contributed by atoms with van der Waals surface area (Å²) in [6.07, 6.45) is 1.15. The van der Waals surface area contributed by atoms with Crippen molar-refractivity contribution < 1.29 is 0 Å². The minimum atomic E-state index is 0.236. The van der Waals surface area contributed by atoms with E-state index >= 15 is 0 Å². The van der Waals surface area contributed by atoms with Crippen LogP contribution in [0.3, 0.4) is 0 Å². The van der Waals surface area contributed by atoms with E-state index in [2.05, 4.69) is 51.1 Å². The van der Waals surface area contributed by atoms with Crippen LogP contribution in [0.2, 0.25) is 0 Å². The fourth-order valence-electron chi connectivity index (χ4n) is 1.96. The first-order chi connectivity index (χ1) is 6.56. The molecule has 14 heavy (non-hydrogen) atoms. The van der Waals surface area contributed by atoms with Gasteiger partial charge in [-0.2, -0.15) is 0 Å². The van der Waals surface area contributed by atoms with Crippen molar-refractivity contribution in [2.75, 3.05) is 6.54 Å². The molecule has 0 heterocycles. The van der Waals surface area contributed by atoms with E-state index < -0.39 is 0 Å². The first-order valence-electron chi connectivity index (χ1n) is 5.32. The lowest BCUT2D eigenvalue weighted by Crippen LogP contribution is -2.24. The monoisotopic (exact) mass is 191 g/mol. The maximum absolute atomic E-state index is 5.66. The smallest absolute Gasteiger partial charge is 0.00512 e. The van der Waals surface area contributed by atoms with Gasteiger partial charge in [-0.15, -0.1) is 0 Å². The van der Waals surface area contributed by atoms with E-state index in [0.29, 0.717) is 5.92 Å². The molecular formula is C13H21N. The molecule has 0 spiro atoms. The fraction of sp³-hybridized carbons (Fsp3) is 0.538. The molecule has 1 aromatic carbocycles. The number of hydrogen-bond acceptors (Lipinski definition) is 1. The van der Waals surface area contributed by atoms with Crippen molar-refractivity contribution in [3.8, 4) is 0 Å². The molecule has 0 aliphatic heterocycles. The zero-order valence-corrected chi connectivity index (χ0v) is 9.46. The molecule has 0 unspecified atom stereocenters. The molecule has 1 heteroatoms. The molecule has 0 saturated heterocycles. The van der Waals surface area contributed by atoms with Crippen molar-refractivity contribution in [1.29, 1.82) is 0 Å². The average molecular weight is 191 g/mol. The van der Waals surface area contributed by atoms with Gasteiger partial charge in [-0.05, 0) is 29.9 Å². The maximum atomic E-state index is 5.66. The zero-order chi connectivity index (χ0) is 10.6. The molecule has 0 aliphatic carbocycles. The van der Waals surface area contributed by atoms with Crippen LogP contribution in [0.15, 0.2) is 30.3 Å². The van der Waals surface area contributed by atoms with E-state index in [1.54, 1.807) is 0 Å². The van der Waals surface area contributed by atoms with Crippen LogP contribution in [0.25, 0.3) is 0 Å². The van der Waals surface area contributed by atoms with Gasteiger partial charge in [0.2, 0.25) is 0 Å². The Labute approximate surface area is 87.3 Å². The van der Waals surface area contributed by atoms with Crippen LogP contribution in [-0.4, -0.2) is 6.54 Å². The summed E-state index contributed by atoms with van der Waals surface area (Å²) >= 11 is 0. The van der Waals surface area contributed by atoms with Crippen molar-refractivity contribution in [3.05, 3.63) is 35.9 Å². The van der Waals surface area contributed by atoms with Crippen molar-refractivity contribution in [3.63, 3.8) is 0 Å². The minimum absolute atomic E-state index is 0.236. The molecule has 0 saturated carbocycles. The third-order valence-electron chi connectivity index (χ3n) is 2.82. The summed E-state index contributed by atoms with van der Waals surface area (Å²) in [7, 11) is 0. The molecule has 78 valence electrons. The van der Waals surface area contributed by atoms with E-state index in [1.807, 2.05) is 0 Å². The van der Waals surface area contributed by atoms with Crippen LogP contribution in [0.1, 0.15) is 32.8 Å². The SMILES string of the molecule is C[C@H](CN)CC(C)(C)c1ccccc1. The summed E-state index contributed by atoms with van der Waals surface area (Å²) in [4.78, 5) is 0.